The van der Waals surface area contributed by atoms with Crippen molar-refractivity contribution in [2.75, 3.05) is 18.1 Å². The van der Waals surface area contributed by atoms with Crippen LogP contribution in [0.2, 0.25) is 0 Å². The zero-order valence-electron chi connectivity index (χ0n) is 5.37. The average molecular weight is 160 g/mol. The fraction of sp³-hybridized carbons (Fsp3) is 0.600. The monoisotopic (exact) mass is 160 g/mol. The lowest BCUT2D eigenvalue weighted by Gasteiger charge is -1.97. The molecule has 1 amide bonds. The highest BCUT2D eigenvalue weighted by atomic mass is 32.2. The summed E-state index contributed by atoms with van der Waals surface area (Å²) in [5.41, 5.74) is 4.67. The molecule has 0 fully saturated rings. The SMILES string of the molecule is N#CCSCCOC(N)=O. The summed E-state index contributed by atoms with van der Waals surface area (Å²) in [5, 5.41) is 8.07. The average Bonchev–Trinajstić information content (AvgIpc) is 1.87. The van der Waals surface area contributed by atoms with Crippen LogP contribution in [0.4, 0.5) is 4.79 Å². The van der Waals surface area contributed by atoms with Gasteiger partial charge in [0.1, 0.15) is 6.61 Å². The van der Waals surface area contributed by atoms with E-state index in [2.05, 4.69) is 10.5 Å². The van der Waals surface area contributed by atoms with Crippen LogP contribution < -0.4 is 5.73 Å². The second-order valence-corrected chi connectivity index (χ2v) is 2.48. The van der Waals surface area contributed by atoms with E-state index in [-0.39, 0.29) is 6.61 Å². The van der Waals surface area contributed by atoms with Gasteiger partial charge in [-0.2, -0.15) is 5.26 Å². The molecule has 0 saturated heterocycles. The number of carbonyl (C=O) groups excluding carboxylic acids is 1. The van der Waals surface area contributed by atoms with Crippen molar-refractivity contribution < 1.29 is 9.53 Å². The number of rotatable bonds is 4. The van der Waals surface area contributed by atoms with Gasteiger partial charge >= 0.3 is 6.09 Å². The van der Waals surface area contributed by atoms with E-state index in [0.717, 1.165) is 0 Å². The van der Waals surface area contributed by atoms with Crippen LogP contribution in [-0.4, -0.2) is 24.2 Å². The summed E-state index contributed by atoms with van der Waals surface area (Å²) in [5.74, 6) is 1.04. The quantitative estimate of drug-likeness (QED) is 0.601. The van der Waals surface area contributed by atoms with Crippen molar-refractivity contribution in [1.82, 2.24) is 0 Å². The highest BCUT2D eigenvalue weighted by Gasteiger charge is 1.91. The molecule has 2 N–H and O–H groups in total. The molecule has 0 bridgehead atoms. The van der Waals surface area contributed by atoms with E-state index in [1.807, 2.05) is 6.07 Å². The third kappa shape index (κ3) is 7.11. The largest absolute Gasteiger partial charge is 0.449 e. The zero-order valence-corrected chi connectivity index (χ0v) is 6.19. The maximum Gasteiger partial charge on any atom is 0.404 e. The predicted molar refractivity (Wildman–Crippen MR) is 38.5 cm³/mol. The van der Waals surface area contributed by atoms with Gasteiger partial charge in [0, 0.05) is 5.75 Å². The van der Waals surface area contributed by atoms with E-state index in [9.17, 15) is 4.79 Å². The Bertz CT molecular complexity index is 143. The molecule has 5 heteroatoms. The van der Waals surface area contributed by atoms with Crippen LogP contribution in [-0.2, 0) is 4.74 Å². The third-order valence-corrected chi connectivity index (χ3v) is 1.43. The Morgan fingerprint density at radius 1 is 1.80 bits per heavy atom. The first-order chi connectivity index (χ1) is 4.77. The van der Waals surface area contributed by atoms with Crippen molar-refractivity contribution in [1.29, 1.82) is 5.26 Å². The van der Waals surface area contributed by atoms with Gasteiger partial charge in [0.25, 0.3) is 0 Å². The first-order valence-electron chi connectivity index (χ1n) is 2.64. The van der Waals surface area contributed by atoms with E-state index in [0.29, 0.717) is 11.5 Å². The van der Waals surface area contributed by atoms with Crippen molar-refractivity contribution in [2.45, 2.75) is 0 Å². The summed E-state index contributed by atoms with van der Waals surface area (Å²) >= 11 is 1.40. The minimum Gasteiger partial charge on any atom is -0.449 e. The van der Waals surface area contributed by atoms with E-state index in [4.69, 9.17) is 5.26 Å². The highest BCUT2D eigenvalue weighted by Crippen LogP contribution is 1.96. The molecule has 56 valence electrons. The van der Waals surface area contributed by atoms with Crippen LogP contribution in [0.1, 0.15) is 0 Å². The van der Waals surface area contributed by atoms with E-state index in [1.165, 1.54) is 11.8 Å². The summed E-state index contributed by atoms with van der Waals surface area (Å²) in [4.78, 5) is 9.96. The molecule has 0 aliphatic carbocycles. The Morgan fingerprint density at radius 3 is 3.00 bits per heavy atom. The van der Waals surface area contributed by atoms with Crippen LogP contribution in [0.25, 0.3) is 0 Å². The minimum atomic E-state index is -0.766. The Hall–Kier alpha value is -0.890. The number of nitriles is 1. The third-order valence-electron chi connectivity index (χ3n) is 0.639. The molecular weight excluding hydrogens is 152 g/mol. The molecule has 0 aliphatic rings. The molecule has 0 heterocycles. The number of ether oxygens (including phenoxy) is 1. The molecule has 0 radical (unpaired) electrons. The van der Waals surface area contributed by atoms with Crippen LogP contribution in [0, 0.1) is 11.3 Å². The van der Waals surface area contributed by atoms with E-state index >= 15 is 0 Å². The first-order valence-corrected chi connectivity index (χ1v) is 3.79. The maximum atomic E-state index is 9.96. The maximum absolute atomic E-state index is 9.96. The number of thioether (sulfide) groups is 1. The molecule has 0 aromatic rings. The van der Waals surface area contributed by atoms with Crippen molar-refractivity contribution in [3.63, 3.8) is 0 Å². The molecule has 0 aromatic heterocycles. The van der Waals surface area contributed by atoms with Crippen LogP contribution >= 0.6 is 11.8 Å². The molecule has 0 aliphatic heterocycles. The summed E-state index contributed by atoms with van der Waals surface area (Å²) < 4.78 is 4.40. The van der Waals surface area contributed by atoms with Gasteiger partial charge < -0.3 is 10.5 Å². The standard InChI is InChI=1S/C5H8N2O2S/c6-1-3-10-4-2-9-5(7)8/h2-4H2,(H2,7,8). The van der Waals surface area contributed by atoms with Gasteiger partial charge in [-0.15, -0.1) is 11.8 Å². The second kappa shape index (κ2) is 6.23. The fourth-order valence-electron chi connectivity index (χ4n) is 0.319. The van der Waals surface area contributed by atoms with Crippen molar-refractivity contribution in [3.05, 3.63) is 0 Å². The molecular formula is C5H8N2O2S. The van der Waals surface area contributed by atoms with Gasteiger partial charge in [-0.1, -0.05) is 0 Å². The fourth-order valence-corrected chi connectivity index (χ4v) is 0.756. The summed E-state index contributed by atoms with van der Waals surface area (Å²) in [6, 6.07) is 1.95. The van der Waals surface area contributed by atoms with Gasteiger partial charge in [0.05, 0.1) is 11.8 Å². The molecule has 0 aromatic carbocycles. The lowest BCUT2D eigenvalue weighted by atomic mass is 10.8. The molecule has 0 saturated carbocycles. The number of nitrogens with zero attached hydrogens (tertiary/aromatic N) is 1. The molecule has 0 spiro atoms. The lowest BCUT2D eigenvalue weighted by Crippen LogP contribution is -2.14. The van der Waals surface area contributed by atoms with Gasteiger partial charge in [-0.25, -0.2) is 4.79 Å². The summed E-state index contributed by atoms with van der Waals surface area (Å²) in [6.45, 7) is 0.279. The van der Waals surface area contributed by atoms with Gasteiger partial charge in [-0.05, 0) is 0 Å². The number of nitrogens with two attached hydrogens (primary N) is 1. The smallest absolute Gasteiger partial charge is 0.404 e. The number of primary amides is 1. The topological polar surface area (TPSA) is 76.1 Å². The molecule has 4 nitrogen and oxygen atoms in total. The molecule has 0 unspecified atom stereocenters. The van der Waals surface area contributed by atoms with E-state index in [1.54, 1.807) is 0 Å². The van der Waals surface area contributed by atoms with Crippen molar-refractivity contribution in [2.24, 2.45) is 5.73 Å². The number of hydrogen-bond acceptors (Lipinski definition) is 4. The van der Waals surface area contributed by atoms with Crippen LogP contribution in [0.3, 0.4) is 0 Å². The molecule has 0 atom stereocenters. The molecule has 10 heavy (non-hydrogen) atoms. The van der Waals surface area contributed by atoms with Gasteiger partial charge in [0.2, 0.25) is 0 Å². The predicted octanol–water partition coefficient (Wildman–Crippen LogP) is 0.338. The lowest BCUT2D eigenvalue weighted by molar-refractivity contribution is 0.164. The normalized spacial score (nSPS) is 8.30. The highest BCUT2D eigenvalue weighted by molar-refractivity contribution is 7.99. The van der Waals surface area contributed by atoms with Gasteiger partial charge in [0.15, 0.2) is 0 Å². The molecule has 0 rings (SSSR count). The van der Waals surface area contributed by atoms with Crippen molar-refractivity contribution in [3.8, 4) is 6.07 Å². The number of hydrogen-bond donors (Lipinski definition) is 1. The number of amides is 1. The summed E-state index contributed by atoms with van der Waals surface area (Å²) in [7, 11) is 0. The van der Waals surface area contributed by atoms with Crippen LogP contribution in [0.15, 0.2) is 0 Å². The Balaban J connectivity index is 2.92. The van der Waals surface area contributed by atoms with Crippen molar-refractivity contribution >= 4 is 17.9 Å². The first kappa shape index (κ1) is 9.11. The Kier molecular flexibility index (Phi) is 5.68. The summed E-state index contributed by atoms with van der Waals surface area (Å²) in [6.07, 6.45) is -0.766. The zero-order chi connectivity index (χ0) is 7.82. The minimum absolute atomic E-state index is 0.279. The van der Waals surface area contributed by atoms with E-state index < -0.39 is 6.09 Å². The second-order valence-electron chi connectivity index (χ2n) is 1.38. The Labute approximate surface area is 63.3 Å². The number of carbonyl (C=O) groups is 1. The van der Waals surface area contributed by atoms with Crippen LogP contribution in [0.5, 0.6) is 0 Å². The van der Waals surface area contributed by atoms with Gasteiger partial charge in [-0.3, -0.25) is 0 Å². The Morgan fingerprint density at radius 2 is 2.50 bits per heavy atom.